The molecule has 0 fully saturated rings. The molecule has 3 aromatic carbocycles. The van der Waals surface area contributed by atoms with Crippen LogP contribution in [0.2, 0.25) is 0 Å². The van der Waals surface area contributed by atoms with Crippen molar-refractivity contribution in [3.05, 3.63) is 99.8 Å². The molecule has 1 atom stereocenters. The normalized spacial score (nSPS) is 12.1. The third-order valence-corrected chi connectivity index (χ3v) is 5.82. The summed E-state index contributed by atoms with van der Waals surface area (Å²) in [6.45, 7) is 1.72. The quantitative estimate of drug-likeness (QED) is 0.203. The minimum absolute atomic E-state index is 0.0156. The third kappa shape index (κ3) is 5.82. The average molecular weight is 459 g/mol. The standard InChI is InChI=1S/C27H30N4O3/c28-15-13-18-1-5-20(6-2-18)30-21-7-3-19(4-8-21)14-16-29-17-25(33)22-9-11-24(32)27-23(22)10-12-26(34)31-27/h1-12,25,29-30,32-33H,13-17,28H2,(H,31,34)/t25-/m0/s1. The molecule has 7 N–H and O–H groups in total. The summed E-state index contributed by atoms with van der Waals surface area (Å²) in [6, 6.07) is 22.8. The van der Waals surface area contributed by atoms with Gasteiger partial charge in [0.2, 0.25) is 5.56 Å². The smallest absolute Gasteiger partial charge is 0.248 e. The lowest BCUT2D eigenvalue weighted by Gasteiger charge is -2.15. The highest BCUT2D eigenvalue weighted by Gasteiger charge is 2.13. The number of phenolic OH excluding ortho intramolecular Hbond substituents is 1. The van der Waals surface area contributed by atoms with Crippen molar-refractivity contribution in [2.45, 2.75) is 18.9 Å². The Bertz CT molecular complexity index is 1280. The van der Waals surface area contributed by atoms with Gasteiger partial charge < -0.3 is 31.6 Å². The van der Waals surface area contributed by atoms with Crippen LogP contribution in [0.5, 0.6) is 5.75 Å². The van der Waals surface area contributed by atoms with Gasteiger partial charge in [-0.05, 0) is 79.0 Å². The van der Waals surface area contributed by atoms with Crippen LogP contribution in [0.25, 0.3) is 10.9 Å². The Labute approximate surface area is 198 Å². The van der Waals surface area contributed by atoms with Crippen LogP contribution in [0.1, 0.15) is 22.8 Å². The summed E-state index contributed by atoms with van der Waals surface area (Å²) in [7, 11) is 0. The molecule has 0 saturated carbocycles. The molecule has 34 heavy (non-hydrogen) atoms. The first-order valence-electron chi connectivity index (χ1n) is 11.4. The first-order valence-corrected chi connectivity index (χ1v) is 11.4. The van der Waals surface area contributed by atoms with Crippen LogP contribution in [0.4, 0.5) is 11.4 Å². The van der Waals surface area contributed by atoms with Crippen LogP contribution in [-0.2, 0) is 12.8 Å². The summed E-state index contributed by atoms with van der Waals surface area (Å²) < 4.78 is 0. The monoisotopic (exact) mass is 458 g/mol. The van der Waals surface area contributed by atoms with E-state index < -0.39 is 6.10 Å². The van der Waals surface area contributed by atoms with E-state index in [0.29, 0.717) is 36.1 Å². The molecule has 0 spiro atoms. The fraction of sp³-hybridized carbons (Fsp3) is 0.222. The number of H-pyrrole nitrogens is 1. The average Bonchev–Trinajstić information content (AvgIpc) is 2.84. The number of rotatable bonds is 10. The number of aromatic amines is 1. The lowest BCUT2D eigenvalue weighted by atomic mass is 10.0. The van der Waals surface area contributed by atoms with Gasteiger partial charge in [0.15, 0.2) is 0 Å². The highest BCUT2D eigenvalue weighted by molar-refractivity contribution is 5.87. The van der Waals surface area contributed by atoms with E-state index in [1.165, 1.54) is 23.3 Å². The number of fused-ring (bicyclic) bond motifs is 1. The molecule has 4 aromatic rings. The lowest BCUT2D eigenvalue weighted by Crippen LogP contribution is -2.24. The number of nitrogens with two attached hydrogens (primary N) is 1. The molecule has 0 amide bonds. The fourth-order valence-electron chi connectivity index (χ4n) is 3.97. The van der Waals surface area contributed by atoms with E-state index in [0.717, 1.165) is 24.2 Å². The molecule has 0 aliphatic rings. The number of aliphatic hydroxyl groups excluding tert-OH is 1. The van der Waals surface area contributed by atoms with Gasteiger partial charge in [-0.1, -0.05) is 30.3 Å². The molecule has 0 saturated heterocycles. The van der Waals surface area contributed by atoms with Crippen molar-refractivity contribution >= 4 is 22.3 Å². The van der Waals surface area contributed by atoms with Gasteiger partial charge in [-0.2, -0.15) is 0 Å². The first kappa shape index (κ1) is 23.5. The topological polar surface area (TPSA) is 123 Å². The summed E-state index contributed by atoms with van der Waals surface area (Å²) in [6.07, 6.45) is 0.938. The highest BCUT2D eigenvalue weighted by atomic mass is 16.3. The number of anilines is 2. The summed E-state index contributed by atoms with van der Waals surface area (Å²) >= 11 is 0. The minimum Gasteiger partial charge on any atom is -0.506 e. The Morgan fingerprint density at radius 3 is 2.15 bits per heavy atom. The van der Waals surface area contributed by atoms with Crippen LogP contribution in [-0.4, -0.2) is 34.8 Å². The molecule has 7 nitrogen and oxygen atoms in total. The van der Waals surface area contributed by atoms with E-state index in [1.807, 2.05) is 0 Å². The van der Waals surface area contributed by atoms with Crippen molar-refractivity contribution in [1.82, 2.24) is 10.3 Å². The second kappa shape index (κ2) is 11.0. The lowest BCUT2D eigenvalue weighted by molar-refractivity contribution is 0.176. The summed E-state index contributed by atoms with van der Waals surface area (Å²) in [5.41, 5.74) is 10.8. The van der Waals surface area contributed by atoms with Crippen molar-refractivity contribution in [2.75, 3.05) is 25.0 Å². The van der Waals surface area contributed by atoms with Crippen LogP contribution >= 0.6 is 0 Å². The van der Waals surface area contributed by atoms with Crippen molar-refractivity contribution in [3.8, 4) is 5.75 Å². The Kier molecular flexibility index (Phi) is 7.59. The number of benzene rings is 3. The number of phenols is 1. The number of hydrogen-bond donors (Lipinski definition) is 6. The van der Waals surface area contributed by atoms with E-state index in [1.54, 1.807) is 12.1 Å². The molecular formula is C27H30N4O3. The maximum atomic E-state index is 11.6. The largest absolute Gasteiger partial charge is 0.506 e. The Morgan fingerprint density at radius 2 is 1.50 bits per heavy atom. The molecule has 0 aliphatic carbocycles. The molecule has 0 aliphatic heterocycles. The van der Waals surface area contributed by atoms with Gasteiger partial charge in [-0.3, -0.25) is 4.79 Å². The molecule has 176 valence electrons. The van der Waals surface area contributed by atoms with Gasteiger partial charge >= 0.3 is 0 Å². The van der Waals surface area contributed by atoms with Gasteiger partial charge in [-0.15, -0.1) is 0 Å². The predicted octanol–water partition coefficient (Wildman–Crippen LogP) is 3.34. The summed E-state index contributed by atoms with van der Waals surface area (Å²) in [5.74, 6) is -0.0156. The highest BCUT2D eigenvalue weighted by Crippen LogP contribution is 2.28. The van der Waals surface area contributed by atoms with E-state index in [-0.39, 0.29) is 11.3 Å². The zero-order valence-electron chi connectivity index (χ0n) is 18.9. The Hall–Kier alpha value is -3.65. The van der Waals surface area contributed by atoms with E-state index in [2.05, 4.69) is 64.1 Å². The number of aliphatic hydroxyl groups is 1. The van der Waals surface area contributed by atoms with E-state index in [9.17, 15) is 15.0 Å². The zero-order valence-corrected chi connectivity index (χ0v) is 18.9. The minimum atomic E-state index is -0.767. The maximum absolute atomic E-state index is 11.6. The molecular weight excluding hydrogens is 428 g/mol. The third-order valence-electron chi connectivity index (χ3n) is 5.82. The molecule has 0 radical (unpaired) electrons. The van der Waals surface area contributed by atoms with Gasteiger partial charge in [0.25, 0.3) is 0 Å². The SMILES string of the molecule is NCCc1ccc(Nc2ccc(CCNC[C@H](O)c3ccc(O)c4[nH]c(=O)ccc34)cc2)cc1. The molecule has 4 rings (SSSR count). The fourth-order valence-corrected chi connectivity index (χ4v) is 3.97. The van der Waals surface area contributed by atoms with Crippen molar-refractivity contribution < 1.29 is 10.2 Å². The zero-order chi connectivity index (χ0) is 23.9. The first-order chi connectivity index (χ1) is 16.5. The van der Waals surface area contributed by atoms with E-state index >= 15 is 0 Å². The second-order valence-corrected chi connectivity index (χ2v) is 8.31. The number of nitrogens with one attached hydrogen (secondary N) is 3. The molecule has 0 unspecified atom stereocenters. The number of pyridine rings is 1. The van der Waals surface area contributed by atoms with Gasteiger partial charge in [-0.25, -0.2) is 0 Å². The van der Waals surface area contributed by atoms with Crippen molar-refractivity contribution in [3.63, 3.8) is 0 Å². The Morgan fingerprint density at radius 1 is 0.853 bits per heavy atom. The summed E-state index contributed by atoms with van der Waals surface area (Å²) in [4.78, 5) is 14.2. The van der Waals surface area contributed by atoms with Crippen LogP contribution in [0.3, 0.4) is 0 Å². The maximum Gasteiger partial charge on any atom is 0.248 e. The number of hydrogen-bond acceptors (Lipinski definition) is 6. The van der Waals surface area contributed by atoms with Gasteiger partial charge in [0, 0.05) is 29.4 Å². The van der Waals surface area contributed by atoms with Crippen LogP contribution in [0.15, 0.2) is 77.6 Å². The summed E-state index contributed by atoms with van der Waals surface area (Å²) in [5, 5.41) is 28.0. The van der Waals surface area contributed by atoms with Crippen LogP contribution in [0, 0.1) is 0 Å². The van der Waals surface area contributed by atoms with E-state index in [4.69, 9.17) is 5.73 Å². The van der Waals surface area contributed by atoms with Crippen LogP contribution < -0.4 is 21.9 Å². The van der Waals surface area contributed by atoms with Gasteiger partial charge in [0.1, 0.15) is 5.75 Å². The molecule has 1 aromatic heterocycles. The van der Waals surface area contributed by atoms with Crippen molar-refractivity contribution in [1.29, 1.82) is 0 Å². The molecule has 7 heteroatoms. The van der Waals surface area contributed by atoms with Gasteiger partial charge in [0.05, 0.1) is 11.6 Å². The molecule has 0 bridgehead atoms. The predicted molar refractivity (Wildman–Crippen MR) is 137 cm³/mol. The van der Waals surface area contributed by atoms with Crippen molar-refractivity contribution in [2.24, 2.45) is 5.73 Å². The Balaban J connectivity index is 1.27. The molecule has 1 heterocycles. The number of aromatic nitrogens is 1. The number of aromatic hydroxyl groups is 1. The second-order valence-electron chi connectivity index (χ2n) is 8.31.